The molecule has 4 rings (SSSR count). The van der Waals surface area contributed by atoms with Crippen LogP contribution in [0, 0.1) is 11.3 Å². The Morgan fingerprint density at radius 2 is 1.93 bits per heavy atom. The van der Waals surface area contributed by atoms with Gasteiger partial charge in [0.25, 0.3) is 0 Å². The molecule has 0 saturated carbocycles. The molecule has 1 fully saturated rings. The largest absolute Gasteiger partial charge is 0.360 e. The molecule has 29 heavy (non-hydrogen) atoms. The predicted octanol–water partition coefficient (Wildman–Crippen LogP) is 3.31. The highest BCUT2D eigenvalue weighted by Crippen LogP contribution is 2.22. The Balaban J connectivity index is 1.41. The molecule has 1 aliphatic rings. The molecule has 2 aromatic carbocycles. The quantitative estimate of drug-likeness (QED) is 0.653. The Labute approximate surface area is 174 Å². The number of aromatic nitrogens is 2. The van der Waals surface area contributed by atoms with Crippen LogP contribution in [-0.2, 0) is 17.9 Å². The summed E-state index contributed by atoms with van der Waals surface area (Å²) in [4.78, 5) is 20.9. The number of halogens is 1. The third-order valence-electron chi connectivity index (χ3n) is 5.08. The van der Waals surface area contributed by atoms with Gasteiger partial charge in [0.05, 0.1) is 36.7 Å². The molecule has 0 aliphatic carbocycles. The fourth-order valence-electron chi connectivity index (χ4n) is 3.47. The van der Waals surface area contributed by atoms with Crippen LogP contribution in [0.1, 0.15) is 16.8 Å². The van der Waals surface area contributed by atoms with Crippen LogP contribution in [0.3, 0.4) is 0 Å². The summed E-state index contributed by atoms with van der Waals surface area (Å²) in [5.74, 6) is 0.0855. The lowest BCUT2D eigenvalue weighted by molar-refractivity contribution is -0.131. The van der Waals surface area contributed by atoms with Crippen molar-refractivity contribution in [3.05, 3.63) is 82.9 Å². The zero-order chi connectivity index (χ0) is 20.2. The lowest BCUT2D eigenvalue weighted by Gasteiger charge is -2.35. The number of benzene rings is 2. The molecule has 0 unspecified atom stereocenters. The van der Waals surface area contributed by atoms with Crippen molar-refractivity contribution in [1.82, 2.24) is 14.5 Å². The van der Waals surface area contributed by atoms with E-state index in [0.29, 0.717) is 36.8 Å². The van der Waals surface area contributed by atoms with Crippen LogP contribution in [0.15, 0.2) is 61.1 Å². The molecule has 1 amide bonds. The fraction of sp³-hybridized carbons (Fsp3) is 0.227. The average molecular weight is 406 g/mol. The zero-order valence-corrected chi connectivity index (χ0v) is 16.6. The second kappa shape index (κ2) is 8.38. The van der Waals surface area contributed by atoms with Crippen LogP contribution in [0.2, 0.25) is 5.02 Å². The van der Waals surface area contributed by atoms with Crippen molar-refractivity contribution >= 4 is 23.2 Å². The molecule has 1 saturated heterocycles. The smallest absolute Gasteiger partial charge is 0.242 e. The molecule has 0 N–H and O–H groups in total. The molecule has 1 aliphatic heterocycles. The molecule has 0 radical (unpaired) electrons. The number of nitriles is 1. The lowest BCUT2D eigenvalue weighted by atomic mass is 10.1. The topological polar surface area (TPSA) is 65.2 Å². The Hall–Kier alpha value is -3.30. The summed E-state index contributed by atoms with van der Waals surface area (Å²) < 4.78 is 2.04. The first kappa shape index (κ1) is 19.0. The van der Waals surface area contributed by atoms with E-state index in [2.05, 4.69) is 16.0 Å². The second-order valence-corrected chi connectivity index (χ2v) is 7.47. The van der Waals surface area contributed by atoms with Gasteiger partial charge in [-0.05, 0) is 35.9 Å². The minimum absolute atomic E-state index is 0.0855. The minimum Gasteiger partial charge on any atom is -0.360 e. The normalized spacial score (nSPS) is 14.1. The third kappa shape index (κ3) is 4.41. The minimum atomic E-state index is 0.0855. The molecular formula is C22H20ClN5O. The molecule has 1 aromatic heterocycles. The maximum atomic E-state index is 12.7. The summed E-state index contributed by atoms with van der Waals surface area (Å²) in [6, 6.07) is 17.2. The Morgan fingerprint density at radius 3 is 2.66 bits per heavy atom. The van der Waals surface area contributed by atoms with Crippen molar-refractivity contribution in [3.63, 3.8) is 0 Å². The van der Waals surface area contributed by atoms with Crippen LogP contribution in [0.25, 0.3) is 0 Å². The van der Waals surface area contributed by atoms with Crippen LogP contribution in [0.4, 0.5) is 5.69 Å². The van der Waals surface area contributed by atoms with E-state index in [1.165, 1.54) is 0 Å². The van der Waals surface area contributed by atoms with E-state index in [9.17, 15) is 4.79 Å². The number of piperazine rings is 1. The summed E-state index contributed by atoms with van der Waals surface area (Å²) in [6.45, 7) is 2.92. The Bertz CT molecular complexity index is 1050. The monoisotopic (exact) mass is 405 g/mol. The lowest BCUT2D eigenvalue weighted by Crippen LogP contribution is -2.50. The second-order valence-electron chi connectivity index (χ2n) is 7.04. The van der Waals surface area contributed by atoms with Crippen molar-refractivity contribution in [2.45, 2.75) is 13.1 Å². The number of amides is 1. The van der Waals surface area contributed by atoms with Crippen molar-refractivity contribution in [2.75, 3.05) is 24.5 Å². The van der Waals surface area contributed by atoms with Gasteiger partial charge in [-0.2, -0.15) is 5.26 Å². The highest BCUT2D eigenvalue weighted by molar-refractivity contribution is 6.30. The van der Waals surface area contributed by atoms with E-state index < -0.39 is 0 Å². The van der Waals surface area contributed by atoms with Gasteiger partial charge in [-0.25, -0.2) is 4.98 Å². The first-order valence-corrected chi connectivity index (χ1v) is 9.76. The molecule has 0 spiro atoms. The van der Waals surface area contributed by atoms with Gasteiger partial charge in [0, 0.05) is 36.5 Å². The fourth-order valence-corrected chi connectivity index (χ4v) is 3.65. The number of rotatable bonds is 5. The van der Waals surface area contributed by atoms with E-state index in [0.717, 1.165) is 23.5 Å². The average Bonchev–Trinajstić information content (AvgIpc) is 3.16. The van der Waals surface area contributed by atoms with Crippen LogP contribution in [-0.4, -0.2) is 40.0 Å². The van der Waals surface area contributed by atoms with E-state index in [4.69, 9.17) is 16.9 Å². The summed E-state index contributed by atoms with van der Waals surface area (Å²) in [5, 5.41) is 9.60. The summed E-state index contributed by atoms with van der Waals surface area (Å²) >= 11 is 6.08. The number of carbonyl (C=O) groups excluding carboxylic acids is 1. The van der Waals surface area contributed by atoms with Gasteiger partial charge in [0.15, 0.2) is 0 Å². The highest BCUT2D eigenvalue weighted by Gasteiger charge is 2.25. The van der Waals surface area contributed by atoms with Crippen molar-refractivity contribution in [3.8, 4) is 6.07 Å². The molecule has 2 heterocycles. The number of carbonyl (C=O) groups is 1. The molecule has 0 atom stereocenters. The van der Waals surface area contributed by atoms with Gasteiger partial charge < -0.3 is 14.4 Å². The maximum Gasteiger partial charge on any atom is 0.242 e. The summed E-state index contributed by atoms with van der Waals surface area (Å²) in [6.07, 6.45) is 3.58. The maximum absolute atomic E-state index is 12.7. The number of hydrogen-bond acceptors (Lipinski definition) is 4. The molecule has 7 heteroatoms. The molecule has 6 nitrogen and oxygen atoms in total. The Kier molecular flexibility index (Phi) is 5.50. The molecule has 3 aromatic rings. The Morgan fingerprint density at radius 1 is 1.10 bits per heavy atom. The van der Waals surface area contributed by atoms with Gasteiger partial charge in [-0.3, -0.25) is 4.79 Å². The van der Waals surface area contributed by atoms with Crippen molar-refractivity contribution < 1.29 is 4.79 Å². The number of hydrogen-bond donors (Lipinski definition) is 0. The first-order valence-electron chi connectivity index (χ1n) is 9.39. The van der Waals surface area contributed by atoms with E-state index in [1.807, 2.05) is 58.0 Å². The zero-order valence-electron chi connectivity index (χ0n) is 15.8. The molecule has 146 valence electrons. The molecule has 0 bridgehead atoms. The highest BCUT2D eigenvalue weighted by atomic mass is 35.5. The van der Waals surface area contributed by atoms with Gasteiger partial charge in [0.2, 0.25) is 5.91 Å². The summed E-state index contributed by atoms with van der Waals surface area (Å²) in [5.41, 5.74) is 3.68. The number of nitrogens with zero attached hydrogens (tertiary/aromatic N) is 5. The van der Waals surface area contributed by atoms with E-state index in [1.54, 1.807) is 12.5 Å². The van der Waals surface area contributed by atoms with Crippen molar-refractivity contribution in [2.24, 2.45) is 0 Å². The van der Waals surface area contributed by atoms with E-state index in [-0.39, 0.29) is 5.91 Å². The molecular weight excluding hydrogens is 386 g/mol. The summed E-state index contributed by atoms with van der Waals surface area (Å²) in [7, 11) is 0. The first-order chi connectivity index (χ1) is 14.1. The predicted molar refractivity (Wildman–Crippen MR) is 112 cm³/mol. The number of imidazole rings is 1. The van der Waals surface area contributed by atoms with E-state index >= 15 is 0 Å². The van der Waals surface area contributed by atoms with Gasteiger partial charge >= 0.3 is 0 Å². The van der Waals surface area contributed by atoms with Crippen LogP contribution in [0.5, 0.6) is 0 Å². The van der Waals surface area contributed by atoms with Gasteiger partial charge in [-0.1, -0.05) is 29.8 Å². The van der Waals surface area contributed by atoms with Crippen LogP contribution < -0.4 is 4.90 Å². The third-order valence-corrected chi connectivity index (χ3v) is 5.31. The SMILES string of the molecule is N#Cc1ccc(Cn2cncc2CN2CCN(c3cccc(Cl)c3)CC2=O)cc1. The van der Waals surface area contributed by atoms with Gasteiger partial charge in [0.1, 0.15) is 0 Å². The van der Waals surface area contributed by atoms with Gasteiger partial charge in [-0.15, -0.1) is 0 Å². The number of anilines is 1. The van der Waals surface area contributed by atoms with Crippen molar-refractivity contribution in [1.29, 1.82) is 5.26 Å². The standard InChI is InChI=1S/C22H20ClN5O/c23-19-2-1-3-20(10-19)26-8-9-27(22(29)15-26)14-21-12-25-16-28(21)13-18-6-4-17(11-24)5-7-18/h1-7,10,12,16H,8-9,13-15H2. The van der Waals surface area contributed by atoms with Crippen LogP contribution >= 0.6 is 11.6 Å².